The molecule has 5 atom stereocenters. The number of hydrogen-bond donors (Lipinski definition) is 7. The molecule has 12 nitrogen and oxygen atoms in total. The fourth-order valence-electron chi connectivity index (χ4n) is 3.54. The van der Waals surface area contributed by atoms with Crippen LogP contribution >= 0.6 is 0 Å². The number of carboxylic acids is 1. The second kappa shape index (κ2) is 16.7. The molecule has 0 rings (SSSR count). The van der Waals surface area contributed by atoms with Crippen molar-refractivity contribution in [3.8, 4) is 0 Å². The minimum atomic E-state index is -1.13. The summed E-state index contributed by atoms with van der Waals surface area (Å²) in [5.41, 5.74) is 16.6. The molecule has 0 aliphatic rings. The number of rotatable bonds is 17. The number of carboxylic acid groups (broad SMARTS) is 1. The van der Waals surface area contributed by atoms with Crippen LogP contribution in [0.1, 0.15) is 73.6 Å². The highest BCUT2D eigenvalue weighted by Crippen LogP contribution is 2.12. The lowest BCUT2D eigenvalue weighted by atomic mass is 9.96. The van der Waals surface area contributed by atoms with E-state index in [1.807, 2.05) is 41.5 Å². The van der Waals surface area contributed by atoms with Gasteiger partial charge in [0.15, 0.2) is 5.96 Å². The van der Waals surface area contributed by atoms with E-state index in [-0.39, 0.29) is 30.1 Å². The van der Waals surface area contributed by atoms with Crippen molar-refractivity contribution in [3.63, 3.8) is 0 Å². The van der Waals surface area contributed by atoms with Crippen LogP contribution in [0.3, 0.4) is 0 Å². The van der Waals surface area contributed by atoms with Gasteiger partial charge in [-0.15, -0.1) is 0 Å². The molecule has 0 aromatic rings. The van der Waals surface area contributed by atoms with Crippen molar-refractivity contribution < 1.29 is 24.3 Å². The third kappa shape index (κ3) is 13.3. The summed E-state index contributed by atoms with van der Waals surface area (Å²) < 4.78 is 0. The third-order valence-electron chi connectivity index (χ3n) is 5.76. The van der Waals surface area contributed by atoms with E-state index in [1.165, 1.54) is 0 Å². The van der Waals surface area contributed by atoms with Crippen LogP contribution in [0.15, 0.2) is 4.99 Å². The fourth-order valence-corrected chi connectivity index (χ4v) is 3.54. The van der Waals surface area contributed by atoms with E-state index in [0.717, 1.165) is 0 Å². The van der Waals surface area contributed by atoms with E-state index in [2.05, 4.69) is 20.9 Å². The van der Waals surface area contributed by atoms with Crippen molar-refractivity contribution in [2.75, 3.05) is 6.54 Å². The average Bonchev–Trinajstić information content (AvgIpc) is 2.77. The molecule has 0 fully saturated rings. The van der Waals surface area contributed by atoms with Gasteiger partial charge in [0, 0.05) is 6.54 Å². The predicted octanol–water partition coefficient (Wildman–Crippen LogP) is 0.0446. The molecule has 0 radical (unpaired) electrons. The summed E-state index contributed by atoms with van der Waals surface area (Å²) in [6.45, 7) is 11.5. The Hall–Kier alpha value is -2.89. The molecule has 0 aromatic carbocycles. The van der Waals surface area contributed by atoms with E-state index in [4.69, 9.17) is 17.2 Å². The summed E-state index contributed by atoms with van der Waals surface area (Å²) in [6, 6.07) is -3.80. The standard InChI is InChI=1S/C24H47N7O5/c1-7-15(6)19(31-20(32)16(25)9-8-10-28-24(26)27)22(34)29-17(11-13(2)3)21(33)30-18(23(35)36)12-14(4)5/h13-19H,7-12,25H2,1-6H3,(H,29,34)(H,30,33)(H,31,32)(H,35,36)(H4,26,27,28). The Morgan fingerprint density at radius 1 is 0.833 bits per heavy atom. The second-order valence-electron chi connectivity index (χ2n) is 10.1. The zero-order chi connectivity index (χ0) is 28.0. The van der Waals surface area contributed by atoms with Gasteiger partial charge in [0.1, 0.15) is 18.1 Å². The Labute approximate surface area is 214 Å². The van der Waals surface area contributed by atoms with Crippen LogP contribution in [-0.4, -0.2) is 65.5 Å². The zero-order valence-electron chi connectivity index (χ0n) is 22.5. The second-order valence-corrected chi connectivity index (χ2v) is 10.1. The highest BCUT2D eigenvalue weighted by Gasteiger charge is 2.32. The molecule has 3 amide bonds. The Balaban J connectivity index is 5.45. The number of guanidine groups is 1. The van der Waals surface area contributed by atoms with Gasteiger partial charge >= 0.3 is 5.97 Å². The number of nitrogens with zero attached hydrogens (tertiary/aromatic N) is 1. The quantitative estimate of drug-likeness (QED) is 0.0798. The first-order valence-corrected chi connectivity index (χ1v) is 12.6. The molecule has 10 N–H and O–H groups in total. The van der Waals surface area contributed by atoms with Crippen LogP contribution in [0.2, 0.25) is 0 Å². The van der Waals surface area contributed by atoms with E-state index >= 15 is 0 Å². The normalized spacial score (nSPS) is 15.4. The molecule has 0 saturated carbocycles. The third-order valence-corrected chi connectivity index (χ3v) is 5.76. The monoisotopic (exact) mass is 513 g/mol. The number of nitrogens with one attached hydrogen (secondary N) is 3. The molecule has 0 aromatic heterocycles. The van der Waals surface area contributed by atoms with E-state index in [9.17, 15) is 24.3 Å². The lowest BCUT2D eigenvalue weighted by Gasteiger charge is -2.28. The minimum absolute atomic E-state index is 0.0413. The molecule has 0 aliphatic carbocycles. The van der Waals surface area contributed by atoms with Crippen molar-refractivity contribution >= 4 is 29.7 Å². The Morgan fingerprint density at radius 3 is 1.83 bits per heavy atom. The van der Waals surface area contributed by atoms with Gasteiger partial charge < -0.3 is 38.3 Å². The number of carbonyl (C=O) groups is 4. The summed E-state index contributed by atoms with van der Waals surface area (Å²) in [7, 11) is 0. The van der Waals surface area contributed by atoms with Gasteiger partial charge in [0.2, 0.25) is 17.7 Å². The smallest absolute Gasteiger partial charge is 0.326 e. The van der Waals surface area contributed by atoms with Crippen LogP contribution in [0.5, 0.6) is 0 Å². The zero-order valence-corrected chi connectivity index (χ0v) is 22.5. The highest BCUT2D eigenvalue weighted by molar-refractivity contribution is 5.94. The van der Waals surface area contributed by atoms with E-state index in [1.54, 1.807) is 0 Å². The van der Waals surface area contributed by atoms with Crippen molar-refractivity contribution in [1.82, 2.24) is 16.0 Å². The van der Waals surface area contributed by atoms with Gasteiger partial charge in [0.05, 0.1) is 6.04 Å². The number of nitrogens with two attached hydrogens (primary N) is 3. The van der Waals surface area contributed by atoms with Crippen LogP contribution < -0.4 is 33.2 Å². The van der Waals surface area contributed by atoms with Crippen molar-refractivity contribution in [1.29, 1.82) is 0 Å². The topological polar surface area (TPSA) is 215 Å². The average molecular weight is 514 g/mol. The Kier molecular flexibility index (Phi) is 15.4. The molecule has 36 heavy (non-hydrogen) atoms. The van der Waals surface area contributed by atoms with Crippen molar-refractivity contribution in [3.05, 3.63) is 0 Å². The molecular weight excluding hydrogens is 466 g/mol. The fraction of sp³-hybridized carbons (Fsp3) is 0.792. The summed E-state index contributed by atoms with van der Waals surface area (Å²) in [5.74, 6) is -2.91. The summed E-state index contributed by atoms with van der Waals surface area (Å²) in [5, 5.41) is 17.5. The summed E-state index contributed by atoms with van der Waals surface area (Å²) in [4.78, 5) is 54.3. The molecule has 0 spiro atoms. The summed E-state index contributed by atoms with van der Waals surface area (Å²) >= 11 is 0. The van der Waals surface area contributed by atoms with Gasteiger partial charge in [-0.25, -0.2) is 4.79 Å². The minimum Gasteiger partial charge on any atom is -0.480 e. The predicted molar refractivity (Wildman–Crippen MR) is 140 cm³/mol. The maximum absolute atomic E-state index is 13.2. The molecule has 5 unspecified atom stereocenters. The lowest BCUT2D eigenvalue weighted by Crippen LogP contribution is -2.58. The van der Waals surface area contributed by atoms with Gasteiger partial charge in [-0.3, -0.25) is 19.4 Å². The van der Waals surface area contributed by atoms with Crippen LogP contribution in [0, 0.1) is 17.8 Å². The van der Waals surface area contributed by atoms with Gasteiger partial charge in [-0.05, 0) is 43.4 Å². The van der Waals surface area contributed by atoms with Crippen molar-refractivity contribution in [2.24, 2.45) is 39.9 Å². The first-order valence-electron chi connectivity index (χ1n) is 12.6. The van der Waals surface area contributed by atoms with Crippen LogP contribution in [0.4, 0.5) is 0 Å². The molecule has 0 heterocycles. The molecular formula is C24H47N7O5. The maximum Gasteiger partial charge on any atom is 0.326 e. The largest absolute Gasteiger partial charge is 0.480 e. The lowest BCUT2D eigenvalue weighted by molar-refractivity contribution is -0.143. The van der Waals surface area contributed by atoms with E-state index < -0.39 is 47.9 Å². The van der Waals surface area contributed by atoms with Gasteiger partial charge in [-0.1, -0.05) is 48.0 Å². The maximum atomic E-state index is 13.2. The van der Waals surface area contributed by atoms with Gasteiger partial charge in [0.25, 0.3) is 0 Å². The van der Waals surface area contributed by atoms with Crippen LogP contribution in [-0.2, 0) is 19.2 Å². The van der Waals surface area contributed by atoms with Crippen LogP contribution in [0.25, 0.3) is 0 Å². The Morgan fingerprint density at radius 2 is 1.36 bits per heavy atom. The molecule has 0 bridgehead atoms. The number of hydrogen-bond acceptors (Lipinski definition) is 6. The molecule has 12 heteroatoms. The number of amides is 3. The van der Waals surface area contributed by atoms with E-state index in [0.29, 0.717) is 32.2 Å². The number of aliphatic carboxylic acids is 1. The SMILES string of the molecule is CCC(C)C(NC(=O)C(N)CCCN=C(N)N)C(=O)NC(CC(C)C)C(=O)NC(CC(C)C)C(=O)O. The number of aliphatic imine (C=N–C) groups is 1. The molecule has 0 saturated heterocycles. The molecule has 0 aliphatic heterocycles. The Bertz CT molecular complexity index is 753. The summed E-state index contributed by atoms with van der Waals surface area (Å²) in [6.07, 6.45) is 1.97. The van der Waals surface area contributed by atoms with Gasteiger partial charge in [-0.2, -0.15) is 0 Å². The van der Waals surface area contributed by atoms with Crippen molar-refractivity contribution in [2.45, 2.75) is 97.8 Å². The first-order chi connectivity index (χ1) is 16.7. The number of carbonyl (C=O) groups excluding carboxylic acids is 3. The molecule has 208 valence electrons. The first kappa shape index (κ1) is 33.1. The highest BCUT2D eigenvalue weighted by atomic mass is 16.4.